The van der Waals surface area contributed by atoms with Crippen LogP contribution in [-0.2, 0) is 21.4 Å². The highest BCUT2D eigenvalue weighted by atomic mass is 32.2. The lowest BCUT2D eigenvalue weighted by Crippen LogP contribution is -2.45. The molecule has 9 heteroatoms. The van der Waals surface area contributed by atoms with Crippen LogP contribution in [0.5, 0.6) is 5.88 Å². The third kappa shape index (κ3) is 4.66. The van der Waals surface area contributed by atoms with E-state index in [9.17, 15) is 13.2 Å². The van der Waals surface area contributed by atoms with Crippen molar-refractivity contribution in [3.63, 3.8) is 0 Å². The van der Waals surface area contributed by atoms with E-state index in [0.717, 1.165) is 5.56 Å². The number of nitrogens with zero attached hydrogens (tertiary/aromatic N) is 2. The van der Waals surface area contributed by atoms with Gasteiger partial charge in [0, 0.05) is 31.4 Å². The molecule has 0 aliphatic carbocycles. The summed E-state index contributed by atoms with van der Waals surface area (Å²) in [6.07, 6.45) is 2.98. The SMILES string of the molecule is CCOc1ncccc1CNC(=O)C1CCCN(S(=O)(=O)c2cccs2)C1. The summed E-state index contributed by atoms with van der Waals surface area (Å²) in [7, 11) is -3.52. The minimum Gasteiger partial charge on any atom is -0.478 e. The molecule has 0 bridgehead atoms. The number of carbonyl (C=O) groups excluding carboxylic acids is 1. The number of pyridine rings is 1. The lowest BCUT2D eigenvalue weighted by Gasteiger charge is -2.30. The zero-order valence-corrected chi connectivity index (χ0v) is 16.8. The number of amides is 1. The topological polar surface area (TPSA) is 88.6 Å². The molecule has 0 radical (unpaired) electrons. The third-order valence-corrected chi connectivity index (χ3v) is 7.67. The summed E-state index contributed by atoms with van der Waals surface area (Å²) in [4.78, 5) is 16.8. The average Bonchev–Trinajstić information content (AvgIpc) is 3.23. The Bertz CT molecular complexity index is 868. The van der Waals surface area contributed by atoms with E-state index in [1.54, 1.807) is 29.8 Å². The van der Waals surface area contributed by atoms with E-state index in [4.69, 9.17) is 4.74 Å². The fourth-order valence-corrected chi connectivity index (χ4v) is 5.73. The van der Waals surface area contributed by atoms with Crippen molar-refractivity contribution >= 4 is 27.3 Å². The van der Waals surface area contributed by atoms with Crippen molar-refractivity contribution in [3.05, 3.63) is 41.4 Å². The van der Waals surface area contributed by atoms with E-state index in [1.165, 1.54) is 15.6 Å². The highest BCUT2D eigenvalue weighted by molar-refractivity contribution is 7.91. The van der Waals surface area contributed by atoms with Crippen molar-refractivity contribution in [1.82, 2.24) is 14.6 Å². The van der Waals surface area contributed by atoms with Gasteiger partial charge in [0.15, 0.2) is 0 Å². The number of nitrogens with one attached hydrogen (secondary N) is 1. The summed E-state index contributed by atoms with van der Waals surface area (Å²) < 4.78 is 32.6. The minimum atomic E-state index is -3.52. The normalized spacial score (nSPS) is 18.2. The van der Waals surface area contributed by atoms with E-state index >= 15 is 0 Å². The summed E-state index contributed by atoms with van der Waals surface area (Å²) in [5.41, 5.74) is 0.798. The van der Waals surface area contributed by atoms with E-state index in [0.29, 0.717) is 42.6 Å². The van der Waals surface area contributed by atoms with Crippen molar-refractivity contribution in [3.8, 4) is 5.88 Å². The number of hydrogen-bond donors (Lipinski definition) is 1. The van der Waals surface area contributed by atoms with Gasteiger partial charge in [-0.15, -0.1) is 11.3 Å². The number of sulfonamides is 1. The maximum atomic E-state index is 12.7. The van der Waals surface area contributed by atoms with Gasteiger partial charge in [-0.3, -0.25) is 4.79 Å². The number of rotatable bonds is 7. The quantitative estimate of drug-likeness (QED) is 0.758. The van der Waals surface area contributed by atoms with Gasteiger partial charge in [-0.1, -0.05) is 12.1 Å². The first-order valence-electron chi connectivity index (χ1n) is 8.90. The Morgan fingerprint density at radius 1 is 1.41 bits per heavy atom. The number of ether oxygens (including phenoxy) is 1. The van der Waals surface area contributed by atoms with Crippen molar-refractivity contribution in [2.75, 3.05) is 19.7 Å². The first kappa shape index (κ1) is 19.8. The second kappa shape index (κ2) is 8.81. The molecule has 1 aliphatic heterocycles. The van der Waals surface area contributed by atoms with Crippen molar-refractivity contribution in [2.24, 2.45) is 5.92 Å². The Hall–Kier alpha value is -1.97. The summed E-state index contributed by atoms with van der Waals surface area (Å²) in [5.74, 6) is -0.000993. The van der Waals surface area contributed by atoms with Gasteiger partial charge in [-0.05, 0) is 37.3 Å². The van der Waals surface area contributed by atoms with Crippen LogP contribution in [0.4, 0.5) is 0 Å². The minimum absolute atomic E-state index is 0.146. The highest BCUT2D eigenvalue weighted by Crippen LogP contribution is 2.26. The van der Waals surface area contributed by atoms with Crippen molar-refractivity contribution in [2.45, 2.75) is 30.5 Å². The van der Waals surface area contributed by atoms with Gasteiger partial charge >= 0.3 is 0 Å². The van der Waals surface area contributed by atoms with E-state index in [1.807, 2.05) is 13.0 Å². The van der Waals surface area contributed by atoms with Crippen LogP contribution in [0.3, 0.4) is 0 Å². The predicted octanol–water partition coefficient (Wildman–Crippen LogP) is 2.26. The second-order valence-corrected chi connectivity index (χ2v) is 9.37. The van der Waals surface area contributed by atoms with Gasteiger partial charge in [0.05, 0.1) is 12.5 Å². The molecule has 0 aromatic carbocycles. The number of aromatic nitrogens is 1. The second-order valence-electron chi connectivity index (χ2n) is 6.25. The Labute approximate surface area is 163 Å². The van der Waals surface area contributed by atoms with Crippen LogP contribution in [0.1, 0.15) is 25.3 Å². The van der Waals surface area contributed by atoms with Crippen LogP contribution >= 0.6 is 11.3 Å². The lowest BCUT2D eigenvalue weighted by molar-refractivity contribution is -0.126. The molecular formula is C18H23N3O4S2. The molecule has 3 rings (SSSR count). The first-order chi connectivity index (χ1) is 13.0. The standard InChI is InChI=1S/C18H23N3O4S2/c1-2-25-18-14(6-3-9-19-18)12-20-17(22)15-7-4-10-21(13-15)27(23,24)16-8-5-11-26-16/h3,5-6,8-9,11,15H,2,4,7,10,12-13H2,1H3,(H,20,22). The molecule has 0 saturated carbocycles. The molecule has 2 aromatic heterocycles. The maximum Gasteiger partial charge on any atom is 0.252 e. The van der Waals surface area contributed by atoms with Gasteiger partial charge in [0.25, 0.3) is 10.0 Å². The molecule has 1 N–H and O–H groups in total. The molecule has 1 saturated heterocycles. The molecule has 146 valence electrons. The number of piperidine rings is 1. The van der Waals surface area contributed by atoms with Crippen LogP contribution in [0.25, 0.3) is 0 Å². The zero-order valence-electron chi connectivity index (χ0n) is 15.1. The fraction of sp³-hybridized carbons (Fsp3) is 0.444. The van der Waals surface area contributed by atoms with E-state index < -0.39 is 10.0 Å². The smallest absolute Gasteiger partial charge is 0.252 e. The third-order valence-electron chi connectivity index (χ3n) is 4.43. The lowest BCUT2D eigenvalue weighted by atomic mass is 9.99. The van der Waals surface area contributed by atoms with Gasteiger partial charge in [0.2, 0.25) is 11.8 Å². The average molecular weight is 410 g/mol. The molecule has 1 unspecified atom stereocenters. The Kier molecular flexibility index (Phi) is 6.46. The summed E-state index contributed by atoms with van der Waals surface area (Å²) in [6, 6.07) is 6.96. The molecule has 1 atom stereocenters. The largest absolute Gasteiger partial charge is 0.478 e. The van der Waals surface area contributed by atoms with Gasteiger partial charge in [-0.25, -0.2) is 13.4 Å². The zero-order chi connectivity index (χ0) is 19.3. The maximum absolute atomic E-state index is 12.7. The van der Waals surface area contributed by atoms with Crippen LogP contribution in [0.2, 0.25) is 0 Å². The molecule has 2 aromatic rings. The molecule has 7 nitrogen and oxygen atoms in total. The Morgan fingerprint density at radius 2 is 2.26 bits per heavy atom. The van der Waals surface area contributed by atoms with E-state index in [-0.39, 0.29) is 18.4 Å². The Morgan fingerprint density at radius 3 is 3.00 bits per heavy atom. The summed E-state index contributed by atoms with van der Waals surface area (Å²) in [6.45, 7) is 3.33. The molecule has 3 heterocycles. The van der Waals surface area contributed by atoms with Crippen LogP contribution in [0.15, 0.2) is 40.1 Å². The van der Waals surface area contributed by atoms with Crippen LogP contribution in [0, 0.1) is 5.92 Å². The molecule has 0 spiro atoms. The highest BCUT2D eigenvalue weighted by Gasteiger charge is 2.33. The number of hydrogen-bond acceptors (Lipinski definition) is 6. The number of carbonyl (C=O) groups is 1. The van der Waals surface area contributed by atoms with Crippen LogP contribution in [-0.4, -0.2) is 43.3 Å². The van der Waals surface area contributed by atoms with Crippen molar-refractivity contribution in [1.29, 1.82) is 0 Å². The summed E-state index contributed by atoms with van der Waals surface area (Å²) >= 11 is 1.20. The predicted molar refractivity (Wildman–Crippen MR) is 103 cm³/mol. The molecule has 27 heavy (non-hydrogen) atoms. The van der Waals surface area contributed by atoms with Crippen LogP contribution < -0.4 is 10.1 Å². The molecule has 1 fully saturated rings. The number of thiophene rings is 1. The molecule has 1 aliphatic rings. The fourth-order valence-electron chi connectivity index (χ4n) is 3.06. The van der Waals surface area contributed by atoms with Gasteiger partial charge < -0.3 is 10.1 Å². The Balaban J connectivity index is 1.62. The van der Waals surface area contributed by atoms with Gasteiger partial charge in [-0.2, -0.15) is 4.31 Å². The van der Waals surface area contributed by atoms with E-state index in [2.05, 4.69) is 10.3 Å². The molecule has 1 amide bonds. The first-order valence-corrected chi connectivity index (χ1v) is 11.2. The molecular weight excluding hydrogens is 386 g/mol. The summed E-state index contributed by atoms with van der Waals surface area (Å²) in [5, 5.41) is 4.64. The van der Waals surface area contributed by atoms with Crippen molar-refractivity contribution < 1.29 is 17.9 Å². The van der Waals surface area contributed by atoms with Gasteiger partial charge in [0.1, 0.15) is 4.21 Å². The monoisotopic (exact) mass is 409 g/mol.